The average molecular weight is 440 g/mol. The number of rotatable bonds is 5. The molecule has 3 aromatic rings. The Morgan fingerprint density at radius 1 is 1.27 bits per heavy atom. The fraction of sp³-hybridized carbons (Fsp3) is 0.455. The van der Waals surface area contributed by atoms with Crippen LogP contribution in [-0.2, 0) is 17.6 Å². The molecule has 1 N–H and O–H groups in total. The van der Waals surface area contributed by atoms with E-state index in [1.54, 1.807) is 17.7 Å². The van der Waals surface area contributed by atoms with Gasteiger partial charge in [-0.3, -0.25) is 4.79 Å². The Kier molecular flexibility index (Phi) is 5.60. The number of aryl methyl sites for hydroxylation is 2. The number of thioether (sulfide) groups is 1. The summed E-state index contributed by atoms with van der Waals surface area (Å²) in [7, 11) is 0. The zero-order valence-electron chi connectivity index (χ0n) is 17.1. The van der Waals surface area contributed by atoms with E-state index in [1.807, 2.05) is 6.07 Å². The molecule has 1 aliphatic heterocycles. The lowest BCUT2D eigenvalue weighted by Crippen LogP contribution is -2.34. The number of carbonyl (C=O) groups is 1. The van der Waals surface area contributed by atoms with E-state index in [4.69, 9.17) is 4.98 Å². The van der Waals surface area contributed by atoms with Gasteiger partial charge < -0.3 is 10.2 Å². The van der Waals surface area contributed by atoms with E-state index < -0.39 is 0 Å². The lowest BCUT2D eigenvalue weighted by molar-refractivity contribution is -0.113. The molecule has 5 rings (SSSR count). The van der Waals surface area contributed by atoms with Gasteiger partial charge in [-0.05, 0) is 61.3 Å². The molecule has 1 saturated heterocycles. The van der Waals surface area contributed by atoms with Gasteiger partial charge in [0, 0.05) is 18.8 Å². The third-order valence-electron chi connectivity index (χ3n) is 5.80. The number of aromatic nitrogens is 3. The molecule has 0 bridgehead atoms. The van der Waals surface area contributed by atoms with E-state index in [0.29, 0.717) is 11.7 Å². The molecular weight excluding hydrogens is 414 g/mol. The molecule has 30 heavy (non-hydrogen) atoms. The van der Waals surface area contributed by atoms with Crippen LogP contribution in [0.5, 0.6) is 0 Å². The number of fused-ring (bicyclic) bond motifs is 2. The number of thiazole rings is 1. The van der Waals surface area contributed by atoms with Crippen molar-refractivity contribution in [2.75, 3.05) is 29.1 Å². The van der Waals surface area contributed by atoms with Gasteiger partial charge in [0.25, 0.3) is 0 Å². The predicted octanol–water partition coefficient (Wildman–Crippen LogP) is 4.54. The lowest BCUT2D eigenvalue weighted by Gasteiger charge is -2.30. The largest absolute Gasteiger partial charge is 0.348 e. The van der Waals surface area contributed by atoms with Crippen molar-refractivity contribution in [3.63, 3.8) is 0 Å². The van der Waals surface area contributed by atoms with Crippen LogP contribution in [0.1, 0.15) is 37.3 Å². The molecule has 2 aliphatic rings. The van der Waals surface area contributed by atoms with Gasteiger partial charge in [-0.1, -0.05) is 36.1 Å². The minimum atomic E-state index is -0.0145. The summed E-state index contributed by atoms with van der Waals surface area (Å²) in [4.78, 5) is 28.4. The average Bonchev–Trinajstić information content (AvgIpc) is 3.39. The smallest absolute Gasteiger partial charge is 0.234 e. The second-order valence-corrected chi connectivity index (χ2v) is 10.1. The molecule has 1 aromatic carbocycles. The van der Waals surface area contributed by atoms with E-state index in [1.165, 1.54) is 42.2 Å². The molecule has 8 heteroatoms. The third-order valence-corrected chi connectivity index (χ3v) is 8.03. The van der Waals surface area contributed by atoms with Gasteiger partial charge in [-0.15, -0.1) is 0 Å². The van der Waals surface area contributed by atoms with Crippen molar-refractivity contribution in [1.29, 1.82) is 0 Å². The highest BCUT2D eigenvalue weighted by atomic mass is 32.2. The maximum absolute atomic E-state index is 12.5. The van der Waals surface area contributed by atoms with Crippen LogP contribution in [0.25, 0.3) is 10.3 Å². The zero-order valence-corrected chi connectivity index (χ0v) is 18.7. The van der Waals surface area contributed by atoms with Crippen LogP contribution < -0.4 is 10.2 Å². The summed E-state index contributed by atoms with van der Waals surface area (Å²) >= 11 is 3.09. The van der Waals surface area contributed by atoms with Gasteiger partial charge in [0.05, 0.1) is 5.75 Å². The van der Waals surface area contributed by atoms with Crippen LogP contribution in [-0.4, -0.2) is 39.7 Å². The van der Waals surface area contributed by atoms with Crippen molar-refractivity contribution < 1.29 is 4.79 Å². The summed E-state index contributed by atoms with van der Waals surface area (Å²) in [5, 5.41) is 4.87. The number of anilines is 2. The minimum Gasteiger partial charge on any atom is -0.348 e. The number of nitrogens with one attached hydrogen (secondary N) is 1. The van der Waals surface area contributed by atoms with Crippen LogP contribution >= 0.6 is 23.1 Å². The predicted molar refractivity (Wildman–Crippen MR) is 124 cm³/mol. The molecule has 3 heterocycles. The second kappa shape index (κ2) is 8.51. The van der Waals surface area contributed by atoms with Gasteiger partial charge >= 0.3 is 0 Å². The Balaban J connectivity index is 1.26. The van der Waals surface area contributed by atoms with Crippen molar-refractivity contribution >= 4 is 50.2 Å². The Bertz CT molecular complexity index is 1080. The highest BCUT2D eigenvalue weighted by molar-refractivity contribution is 8.00. The molecule has 1 aliphatic carbocycles. The molecule has 6 nitrogen and oxygen atoms in total. The highest BCUT2D eigenvalue weighted by Gasteiger charge is 2.21. The maximum Gasteiger partial charge on any atom is 0.234 e. The van der Waals surface area contributed by atoms with Gasteiger partial charge in [0.2, 0.25) is 5.91 Å². The lowest BCUT2D eigenvalue weighted by atomic mass is 10.0. The van der Waals surface area contributed by atoms with Crippen LogP contribution in [0.3, 0.4) is 0 Å². The van der Waals surface area contributed by atoms with E-state index >= 15 is 0 Å². The molecule has 1 fully saturated rings. The highest BCUT2D eigenvalue weighted by Crippen LogP contribution is 2.35. The fourth-order valence-corrected chi connectivity index (χ4v) is 6.23. The van der Waals surface area contributed by atoms with Gasteiger partial charge in [0.15, 0.2) is 10.8 Å². The summed E-state index contributed by atoms with van der Waals surface area (Å²) < 4.78 is 0.973. The Morgan fingerprint density at radius 2 is 2.17 bits per heavy atom. The SMILES string of the molecule is CC1CCCN(c2nc3ncnc(SCC(=O)Nc4ccc5c(c4)CCC5)c3s2)C1. The molecule has 156 valence electrons. The molecule has 0 radical (unpaired) electrons. The van der Waals surface area contributed by atoms with Crippen LogP contribution in [0, 0.1) is 5.92 Å². The van der Waals surface area contributed by atoms with Crippen molar-refractivity contribution in [2.45, 2.75) is 44.1 Å². The molecule has 0 spiro atoms. The molecule has 1 unspecified atom stereocenters. The topological polar surface area (TPSA) is 71.0 Å². The fourth-order valence-electron chi connectivity index (χ4n) is 4.30. The first kappa shape index (κ1) is 19.8. The normalized spacial score (nSPS) is 18.6. The number of carbonyl (C=O) groups excluding carboxylic acids is 1. The number of hydrogen-bond acceptors (Lipinski definition) is 7. The number of benzene rings is 1. The Labute approximate surface area is 184 Å². The monoisotopic (exact) mass is 439 g/mol. The molecule has 0 saturated carbocycles. The van der Waals surface area contributed by atoms with Crippen molar-refractivity contribution in [3.8, 4) is 0 Å². The van der Waals surface area contributed by atoms with Crippen molar-refractivity contribution in [3.05, 3.63) is 35.7 Å². The van der Waals surface area contributed by atoms with Crippen molar-refractivity contribution in [1.82, 2.24) is 15.0 Å². The quantitative estimate of drug-likeness (QED) is 0.465. The van der Waals surface area contributed by atoms with Crippen LogP contribution in [0.2, 0.25) is 0 Å². The van der Waals surface area contributed by atoms with Crippen LogP contribution in [0.15, 0.2) is 29.6 Å². The second-order valence-electron chi connectivity index (χ2n) is 8.20. The van der Waals surface area contributed by atoms with E-state index in [2.05, 4.69) is 39.2 Å². The van der Waals surface area contributed by atoms with Gasteiger partial charge in [-0.25, -0.2) is 9.97 Å². The summed E-state index contributed by atoms with van der Waals surface area (Å²) in [5.74, 6) is 0.991. The van der Waals surface area contributed by atoms with E-state index in [9.17, 15) is 4.79 Å². The number of piperidine rings is 1. The third kappa shape index (κ3) is 4.16. The first-order valence-corrected chi connectivity index (χ1v) is 12.4. The van der Waals surface area contributed by atoms with Gasteiger partial charge in [-0.2, -0.15) is 4.98 Å². The minimum absolute atomic E-state index is 0.0145. The van der Waals surface area contributed by atoms with E-state index in [-0.39, 0.29) is 5.91 Å². The number of amides is 1. The summed E-state index contributed by atoms with van der Waals surface area (Å²) in [5.41, 5.74) is 4.38. The standard InChI is InChI=1S/C22H25N5OS2/c1-14-4-3-9-27(11-14)22-26-20-19(30-22)21(24-13-23-20)29-12-18(28)25-17-8-7-15-5-2-6-16(15)10-17/h7-8,10,13-14H,2-6,9,11-12H2,1H3,(H,25,28). The first-order valence-electron chi connectivity index (χ1n) is 10.6. The molecule has 1 atom stereocenters. The number of nitrogens with zero attached hydrogens (tertiary/aromatic N) is 4. The molecular formula is C22H25N5OS2. The number of hydrogen-bond donors (Lipinski definition) is 1. The van der Waals surface area contributed by atoms with Crippen molar-refractivity contribution in [2.24, 2.45) is 5.92 Å². The Morgan fingerprint density at radius 3 is 3.07 bits per heavy atom. The molecule has 1 amide bonds. The van der Waals surface area contributed by atoms with E-state index in [0.717, 1.165) is 52.1 Å². The summed E-state index contributed by atoms with van der Waals surface area (Å²) in [6.45, 7) is 4.38. The molecule has 2 aromatic heterocycles. The first-order chi connectivity index (χ1) is 14.7. The Hall–Kier alpha value is -2.19. The summed E-state index contributed by atoms with van der Waals surface area (Å²) in [6.07, 6.45) is 7.49. The van der Waals surface area contributed by atoms with Crippen LogP contribution in [0.4, 0.5) is 10.8 Å². The zero-order chi connectivity index (χ0) is 20.5. The maximum atomic E-state index is 12.5. The summed E-state index contributed by atoms with van der Waals surface area (Å²) in [6, 6.07) is 6.26. The van der Waals surface area contributed by atoms with Gasteiger partial charge in [0.1, 0.15) is 16.1 Å².